The Morgan fingerprint density at radius 3 is 2.46 bits per heavy atom. The molecule has 1 atom stereocenters. The van der Waals surface area contributed by atoms with Crippen molar-refractivity contribution in [1.82, 2.24) is 5.32 Å². The van der Waals surface area contributed by atoms with Crippen LogP contribution in [0.1, 0.15) is 42.4 Å². The van der Waals surface area contributed by atoms with E-state index in [1.54, 1.807) is 6.07 Å². The van der Waals surface area contributed by atoms with Crippen LogP contribution in [0.25, 0.3) is 10.8 Å². The number of rotatable bonds is 8. The van der Waals surface area contributed by atoms with E-state index in [0.717, 1.165) is 37.6 Å². The van der Waals surface area contributed by atoms with E-state index in [4.69, 9.17) is 0 Å². The van der Waals surface area contributed by atoms with Crippen molar-refractivity contribution in [1.29, 1.82) is 0 Å². The molecule has 1 N–H and O–H groups in total. The van der Waals surface area contributed by atoms with Crippen molar-refractivity contribution in [3.8, 4) is 0 Å². The van der Waals surface area contributed by atoms with E-state index in [1.807, 2.05) is 0 Å². The number of halogens is 3. The van der Waals surface area contributed by atoms with Gasteiger partial charge >= 0.3 is 6.18 Å². The van der Waals surface area contributed by atoms with Gasteiger partial charge in [-0.3, -0.25) is 0 Å². The molecule has 0 unspecified atom stereocenters. The van der Waals surface area contributed by atoms with Gasteiger partial charge < -0.3 is 5.32 Å². The minimum absolute atomic E-state index is 0.446. The highest BCUT2D eigenvalue weighted by molar-refractivity contribution is 5.86. The molecule has 0 aliphatic rings. The first-order chi connectivity index (χ1) is 13.4. The van der Waals surface area contributed by atoms with Gasteiger partial charge in [0.05, 0.1) is 5.56 Å². The van der Waals surface area contributed by atoms with E-state index in [0.29, 0.717) is 12.3 Å². The quantitative estimate of drug-likeness (QED) is 0.432. The molecule has 0 heterocycles. The predicted molar refractivity (Wildman–Crippen MR) is 110 cm³/mol. The van der Waals surface area contributed by atoms with Crippen molar-refractivity contribution in [2.24, 2.45) is 0 Å². The van der Waals surface area contributed by atoms with Crippen LogP contribution in [0.2, 0.25) is 0 Å². The van der Waals surface area contributed by atoms with Gasteiger partial charge in [-0.2, -0.15) is 13.2 Å². The molecule has 0 spiro atoms. The van der Waals surface area contributed by atoms with Crippen LogP contribution in [0, 0.1) is 0 Å². The van der Waals surface area contributed by atoms with E-state index in [2.05, 4.69) is 54.7 Å². The monoisotopic (exact) mass is 385 g/mol. The molecule has 1 nitrogen and oxygen atoms in total. The molecule has 0 bridgehead atoms. The first-order valence-electron chi connectivity index (χ1n) is 9.79. The van der Waals surface area contributed by atoms with E-state index in [-0.39, 0.29) is 0 Å². The summed E-state index contributed by atoms with van der Waals surface area (Å²) >= 11 is 0. The van der Waals surface area contributed by atoms with Gasteiger partial charge in [-0.25, -0.2) is 0 Å². The lowest BCUT2D eigenvalue weighted by Crippen LogP contribution is -2.19. The minimum atomic E-state index is -4.27. The third-order valence-corrected chi connectivity index (χ3v) is 5.18. The molecule has 3 aromatic rings. The van der Waals surface area contributed by atoms with E-state index in [9.17, 15) is 13.2 Å². The summed E-state index contributed by atoms with van der Waals surface area (Å²) in [4.78, 5) is 0. The van der Waals surface area contributed by atoms with Crippen LogP contribution in [0.4, 0.5) is 13.2 Å². The van der Waals surface area contributed by atoms with Crippen LogP contribution < -0.4 is 5.32 Å². The normalized spacial score (nSPS) is 13.0. The van der Waals surface area contributed by atoms with Gasteiger partial charge in [-0.05, 0) is 66.2 Å². The fraction of sp³-hybridized carbons (Fsp3) is 0.333. The van der Waals surface area contributed by atoms with Crippen molar-refractivity contribution in [3.05, 3.63) is 83.4 Å². The summed E-state index contributed by atoms with van der Waals surface area (Å²) in [6.45, 7) is 3.94. The van der Waals surface area contributed by atoms with Gasteiger partial charge in [0, 0.05) is 0 Å². The molecule has 0 fully saturated rings. The topological polar surface area (TPSA) is 12.0 Å². The molecule has 0 aliphatic carbocycles. The molecule has 3 rings (SSSR count). The number of alkyl halides is 3. The molecule has 148 valence electrons. The highest BCUT2D eigenvalue weighted by Crippen LogP contribution is 2.30. The fourth-order valence-corrected chi connectivity index (χ4v) is 3.60. The zero-order valence-electron chi connectivity index (χ0n) is 16.1. The van der Waals surface area contributed by atoms with Gasteiger partial charge in [0.1, 0.15) is 0 Å². The Morgan fingerprint density at radius 1 is 0.893 bits per heavy atom. The first kappa shape index (κ1) is 20.4. The minimum Gasteiger partial charge on any atom is -0.317 e. The first-order valence-corrected chi connectivity index (χ1v) is 9.79. The predicted octanol–water partition coefficient (Wildman–Crippen LogP) is 6.57. The molecule has 0 aliphatic heterocycles. The number of aryl methyl sites for hydroxylation is 1. The Hall–Kier alpha value is -2.33. The Balaban J connectivity index is 1.43. The molecule has 0 aromatic heterocycles. The lowest BCUT2D eigenvalue weighted by Gasteiger charge is -2.15. The van der Waals surface area contributed by atoms with E-state index >= 15 is 0 Å². The lowest BCUT2D eigenvalue weighted by molar-refractivity contribution is -0.137. The molecular weight excluding hydrogens is 359 g/mol. The number of fused-ring (bicyclic) bond motifs is 1. The molecule has 0 saturated heterocycles. The SMILES string of the molecule is C[C@H](CCNCCCc1cccc(C(F)(F)F)c1)c1cccc2ccccc12. The average molecular weight is 385 g/mol. The molecule has 4 heteroatoms. The van der Waals surface area contributed by atoms with E-state index in [1.165, 1.54) is 28.5 Å². The van der Waals surface area contributed by atoms with Crippen molar-refractivity contribution in [3.63, 3.8) is 0 Å². The number of hydrogen-bond acceptors (Lipinski definition) is 1. The lowest BCUT2D eigenvalue weighted by atomic mass is 9.92. The zero-order valence-corrected chi connectivity index (χ0v) is 16.1. The third kappa shape index (κ3) is 5.35. The summed E-state index contributed by atoms with van der Waals surface area (Å²) in [5.41, 5.74) is 1.53. The Bertz CT molecular complexity index is 896. The van der Waals surface area contributed by atoms with Gasteiger partial charge in [-0.1, -0.05) is 67.6 Å². The molecule has 28 heavy (non-hydrogen) atoms. The van der Waals surface area contributed by atoms with Crippen LogP contribution in [0.3, 0.4) is 0 Å². The molecule has 0 saturated carbocycles. The van der Waals surface area contributed by atoms with Crippen LogP contribution in [0.15, 0.2) is 66.7 Å². The second kappa shape index (κ2) is 9.24. The van der Waals surface area contributed by atoms with E-state index < -0.39 is 11.7 Å². The second-order valence-corrected chi connectivity index (χ2v) is 7.31. The number of hydrogen-bond donors (Lipinski definition) is 1. The molecule has 0 amide bonds. The highest BCUT2D eigenvalue weighted by Gasteiger charge is 2.30. The van der Waals surface area contributed by atoms with Crippen LogP contribution >= 0.6 is 0 Å². The number of benzene rings is 3. The maximum atomic E-state index is 12.8. The second-order valence-electron chi connectivity index (χ2n) is 7.31. The van der Waals surface area contributed by atoms with Gasteiger partial charge in [0.25, 0.3) is 0 Å². The summed E-state index contributed by atoms with van der Waals surface area (Å²) < 4.78 is 38.3. The Labute approximate surface area is 164 Å². The van der Waals surface area contributed by atoms with Crippen LogP contribution in [0.5, 0.6) is 0 Å². The highest BCUT2D eigenvalue weighted by atomic mass is 19.4. The third-order valence-electron chi connectivity index (χ3n) is 5.18. The molecule has 3 aromatic carbocycles. The number of nitrogens with one attached hydrogen (secondary N) is 1. The van der Waals surface area contributed by atoms with Crippen molar-refractivity contribution in [2.75, 3.05) is 13.1 Å². The molecular formula is C24H26F3N. The maximum Gasteiger partial charge on any atom is 0.416 e. The average Bonchev–Trinajstić information content (AvgIpc) is 2.69. The van der Waals surface area contributed by atoms with Gasteiger partial charge in [0.15, 0.2) is 0 Å². The Kier molecular flexibility index (Phi) is 6.74. The summed E-state index contributed by atoms with van der Waals surface area (Å²) in [6, 6.07) is 20.5. The van der Waals surface area contributed by atoms with Crippen molar-refractivity contribution in [2.45, 2.75) is 38.3 Å². The van der Waals surface area contributed by atoms with Crippen LogP contribution in [-0.2, 0) is 12.6 Å². The molecule has 0 radical (unpaired) electrons. The van der Waals surface area contributed by atoms with Gasteiger partial charge in [-0.15, -0.1) is 0 Å². The smallest absolute Gasteiger partial charge is 0.317 e. The van der Waals surface area contributed by atoms with Crippen molar-refractivity contribution >= 4 is 10.8 Å². The standard InChI is InChI=1S/C24H26F3N/c1-18(22-13-5-10-20-9-2-3-12-23(20)22)14-16-28-15-6-8-19-7-4-11-21(17-19)24(25,26)27/h2-5,7,9-13,17-18,28H,6,8,14-16H2,1H3/t18-/m1/s1. The fourth-order valence-electron chi connectivity index (χ4n) is 3.60. The summed E-state index contributed by atoms with van der Waals surface area (Å²) in [5.74, 6) is 0.446. The zero-order chi connectivity index (χ0) is 20.0. The maximum absolute atomic E-state index is 12.8. The van der Waals surface area contributed by atoms with Gasteiger partial charge in [0.2, 0.25) is 0 Å². The summed E-state index contributed by atoms with van der Waals surface area (Å²) in [7, 11) is 0. The summed E-state index contributed by atoms with van der Waals surface area (Å²) in [5, 5.41) is 6.00. The summed E-state index contributed by atoms with van der Waals surface area (Å²) in [6.07, 6.45) is -1.77. The van der Waals surface area contributed by atoms with Crippen molar-refractivity contribution < 1.29 is 13.2 Å². The van der Waals surface area contributed by atoms with Crippen LogP contribution in [-0.4, -0.2) is 13.1 Å². The Morgan fingerprint density at radius 2 is 1.64 bits per heavy atom. The largest absolute Gasteiger partial charge is 0.416 e.